The largest absolute Gasteiger partial charge is 0.499 e. The summed E-state index contributed by atoms with van der Waals surface area (Å²) in [6, 6.07) is 4.68. The van der Waals surface area contributed by atoms with Gasteiger partial charge in [0.2, 0.25) is 0 Å². The number of benzene rings is 1. The van der Waals surface area contributed by atoms with Crippen LogP contribution >= 0.6 is 24.0 Å². The lowest BCUT2D eigenvalue weighted by Crippen LogP contribution is -1.94. The van der Waals surface area contributed by atoms with Crippen molar-refractivity contribution < 1.29 is 15.0 Å². The van der Waals surface area contributed by atoms with Gasteiger partial charge in [0.1, 0.15) is 0 Å². The van der Waals surface area contributed by atoms with Crippen molar-refractivity contribution in [2.24, 2.45) is 0 Å². The number of hydrogen-bond acceptors (Lipinski definition) is 4. The van der Waals surface area contributed by atoms with Crippen molar-refractivity contribution in [3.05, 3.63) is 23.8 Å². The third-order valence-corrected chi connectivity index (χ3v) is 3.45. The van der Waals surface area contributed by atoms with Gasteiger partial charge >= 0.3 is 5.97 Å². The summed E-state index contributed by atoms with van der Waals surface area (Å²) in [4.78, 5) is 11.2. The molecule has 0 amide bonds. The van der Waals surface area contributed by atoms with Crippen LogP contribution < -0.4 is 0 Å². The lowest BCUT2D eigenvalue weighted by molar-refractivity contribution is 0.0697. The highest BCUT2D eigenvalue weighted by Gasteiger charge is 2.10. The number of thiophene rings is 1. The topological polar surface area (TPSA) is 57.5 Å². The molecule has 0 aliphatic rings. The maximum Gasteiger partial charge on any atom is 0.335 e. The van der Waals surface area contributed by atoms with Crippen LogP contribution in [0.25, 0.3) is 10.1 Å². The number of fused-ring (bicyclic) bond motifs is 1. The molecule has 0 unspecified atom stereocenters. The molecule has 2 rings (SSSR count). The van der Waals surface area contributed by atoms with Crippen molar-refractivity contribution in [1.29, 1.82) is 0 Å². The monoisotopic (exact) mass is 226 g/mol. The smallest absolute Gasteiger partial charge is 0.335 e. The predicted octanol–water partition coefficient (Wildman–Crippen LogP) is 2.59. The van der Waals surface area contributed by atoms with E-state index < -0.39 is 5.97 Å². The van der Waals surface area contributed by atoms with E-state index in [1.807, 2.05) is 0 Å². The second kappa shape index (κ2) is 3.18. The van der Waals surface area contributed by atoms with Gasteiger partial charge in [-0.1, -0.05) is 17.4 Å². The highest BCUT2D eigenvalue weighted by atomic mass is 32.1. The van der Waals surface area contributed by atoms with Gasteiger partial charge in [0, 0.05) is 10.1 Å². The second-order valence-corrected chi connectivity index (χ2v) is 4.25. The minimum atomic E-state index is -0.972. The Morgan fingerprint density at radius 1 is 1.43 bits per heavy atom. The van der Waals surface area contributed by atoms with Crippen molar-refractivity contribution >= 4 is 40.0 Å². The molecule has 0 atom stereocenters. The quantitative estimate of drug-likeness (QED) is 0.655. The van der Waals surface area contributed by atoms with Crippen LogP contribution in [-0.2, 0) is 0 Å². The first kappa shape index (κ1) is 9.36. The van der Waals surface area contributed by atoms with E-state index >= 15 is 0 Å². The Labute approximate surface area is 89.0 Å². The third-order valence-electron chi connectivity index (χ3n) is 1.89. The standard InChI is InChI=1S/C9H6O3S2/c10-8(11)4-1-2-5-6(3-4)14-9(12)7(5)13/h1-3,12-13H,(H,10,11). The van der Waals surface area contributed by atoms with Gasteiger partial charge in [-0.25, -0.2) is 4.79 Å². The molecule has 72 valence electrons. The van der Waals surface area contributed by atoms with Crippen LogP contribution in [0.4, 0.5) is 0 Å². The summed E-state index contributed by atoms with van der Waals surface area (Å²) < 4.78 is 0.729. The van der Waals surface area contributed by atoms with E-state index in [0.29, 0.717) is 4.90 Å². The minimum absolute atomic E-state index is 0.117. The van der Waals surface area contributed by atoms with E-state index in [1.165, 1.54) is 12.1 Å². The SMILES string of the molecule is O=C(O)c1ccc2c(S)c(O)sc2c1. The van der Waals surface area contributed by atoms with Gasteiger partial charge in [0.25, 0.3) is 0 Å². The molecular weight excluding hydrogens is 220 g/mol. The first-order valence-electron chi connectivity index (χ1n) is 3.77. The highest BCUT2D eigenvalue weighted by molar-refractivity contribution is 7.81. The van der Waals surface area contributed by atoms with Crippen molar-refractivity contribution in [2.45, 2.75) is 4.90 Å². The number of carbonyl (C=O) groups is 1. The molecule has 0 saturated carbocycles. The van der Waals surface area contributed by atoms with Crippen LogP contribution in [0.1, 0.15) is 10.4 Å². The Hall–Kier alpha value is -1.20. The van der Waals surface area contributed by atoms with Crippen molar-refractivity contribution in [1.82, 2.24) is 0 Å². The van der Waals surface area contributed by atoms with Gasteiger partial charge in [0.15, 0.2) is 5.06 Å². The molecule has 2 aromatic rings. The van der Waals surface area contributed by atoms with Crippen LogP contribution in [0.2, 0.25) is 0 Å². The van der Waals surface area contributed by atoms with Crippen LogP contribution in [0, 0.1) is 0 Å². The molecule has 0 radical (unpaired) electrons. The van der Waals surface area contributed by atoms with Gasteiger partial charge in [-0.3, -0.25) is 0 Å². The highest BCUT2D eigenvalue weighted by Crippen LogP contribution is 2.39. The van der Waals surface area contributed by atoms with Gasteiger partial charge in [-0.2, -0.15) is 0 Å². The predicted molar refractivity (Wildman–Crippen MR) is 57.7 cm³/mol. The molecule has 5 heteroatoms. The fourth-order valence-electron chi connectivity index (χ4n) is 1.20. The van der Waals surface area contributed by atoms with E-state index in [0.717, 1.165) is 21.4 Å². The lowest BCUT2D eigenvalue weighted by Gasteiger charge is -1.94. The maximum atomic E-state index is 10.7. The first-order valence-corrected chi connectivity index (χ1v) is 5.03. The zero-order chi connectivity index (χ0) is 10.3. The van der Waals surface area contributed by atoms with Crippen molar-refractivity contribution in [2.75, 3.05) is 0 Å². The summed E-state index contributed by atoms with van der Waals surface area (Å²) in [7, 11) is 0. The molecule has 1 heterocycles. The van der Waals surface area contributed by atoms with Gasteiger partial charge in [-0.15, -0.1) is 12.6 Å². The van der Waals surface area contributed by atoms with Gasteiger partial charge < -0.3 is 10.2 Å². The zero-order valence-corrected chi connectivity index (χ0v) is 8.60. The maximum absolute atomic E-state index is 10.7. The Bertz CT molecular complexity index is 516. The third kappa shape index (κ3) is 1.34. The molecule has 0 fully saturated rings. The molecule has 1 aromatic heterocycles. The number of thiol groups is 1. The molecule has 14 heavy (non-hydrogen) atoms. The molecule has 0 spiro atoms. The Morgan fingerprint density at radius 2 is 2.14 bits per heavy atom. The zero-order valence-electron chi connectivity index (χ0n) is 6.89. The summed E-state index contributed by atoms with van der Waals surface area (Å²) in [6.07, 6.45) is 0. The summed E-state index contributed by atoms with van der Waals surface area (Å²) in [5, 5.41) is 19.0. The summed E-state index contributed by atoms with van der Waals surface area (Å²) in [6.45, 7) is 0. The van der Waals surface area contributed by atoms with E-state index in [9.17, 15) is 9.90 Å². The van der Waals surface area contributed by atoms with Crippen LogP contribution in [-0.4, -0.2) is 16.2 Å². The van der Waals surface area contributed by atoms with Crippen LogP contribution in [0.5, 0.6) is 5.06 Å². The number of aromatic carboxylic acids is 1. The summed E-state index contributed by atoms with van der Waals surface area (Å²) in [5.74, 6) is -0.972. The van der Waals surface area contributed by atoms with Gasteiger partial charge in [0.05, 0.1) is 10.5 Å². The average molecular weight is 226 g/mol. The molecule has 2 N–H and O–H groups in total. The molecule has 0 aliphatic carbocycles. The van der Waals surface area contributed by atoms with Crippen molar-refractivity contribution in [3.8, 4) is 5.06 Å². The lowest BCUT2D eigenvalue weighted by atomic mass is 10.2. The second-order valence-electron chi connectivity index (χ2n) is 2.77. The summed E-state index contributed by atoms with van der Waals surface area (Å²) in [5.41, 5.74) is 0.215. The Kier molecular flexibility index (Phi) is 2.13. The minimum Gasteiger partial charge on any atom is -0.499 e. The molecule has 0 saturated heterocycles. The Morgan fingerprint density at radius 3 is 2.79 bits per heavy atom. The average Bonchev–Trinajstić information content (AvgIpc) is 2.42. The van der Waals surface area contributed by atoms with Crippen LogP contribution in [0.15, 0.2) is 23.1 Å². The van der Waals surface area contributed by atoms with E-state index in [2.05, 4.69) is 12.6 Å². The summed E-state index contributed by atoms with van der Waals surface area (Å²) >= 11 is 5.24. The molecule has 0 aliphatic heterocycles. The fraction of sp³-hybridized carbons (Fsp3) is 0. The first-order chi connectivity index (χ1) is 6.59. The number of carboxylic acid groups (broad SMARTS) is 1. The fourth-order valence-corrected chi connectivity index (χ4v) is 2.49. The number of rotatable bonds is 1. The Balaban J connectivity index is 2.73. The van der Waals surface area contributed by atoms with E-state index in [1.54, 1.807) is 6.07 Å². The van der Waals surface area contributed by atoms with Crippen LogP contribution in [0.3, 0.4) is 0 Å². The molecule has 3 nitrogen and oxygen atoms in total. The van der Waals surface area contributed by atoms with E-state index in [-0.39, 0.29) is 10.6 Å². The molecular formula is C9H6O3S2. The van der Waals surface area contributed by atoms with Gasteiger partial charge in [-0.05, 0) is 12.1 Å². The number of carboxylic acids is 1. The van der Waals surface area contributed by atoms with Crippen molar-refractivity contribution in [3.63, 3.8) is 0 Å². The molecule has 1 aromatic carbocycles. The number of aromatic hydroxyl groups is 1. The normalized spacial score (nSPS) is 10.6. The molecule has 0 bridgehead atoms. The number of hydrogen-bond donors (Lipinski definition) is 3. The van der Waals surface area contributed by atoms with E-state index in [4.69, 9.17) is 5.11 Å².